The Hall–Kier alpha value is -0.830. The molecule has 0 fully saturated rings. The Bertz CT molecular complexity index is 240. The standard InChI is InChI=1S/C9H17N3/c1-4-9-8(6-10-5-2)7(3)11-12-9/h10H,4-6H2,1-3H3,(H,11,12). The second kappa shape index (κ2) is 4.26. The normalized spacial score (nSPS) is 10.6. The molecule has 0 saturated carbocycles. The van der Waals surface area contributed by atoms with Crippen molar-refractivity contribution in [2.75, 3.05) is 6.54 Å². The van der Waals surface area contributed by atoms with Crippen molar-refractivity contribution in [1.82, 2.24) is 15.5 Å². The Labute approximate surface area is 73.6 Å². The van der Waals surface area contributed by atoms with E-state index in [1.54, 1.807) is 0 Å². The molecule has 0 aliphatic heterocycles. The lowest BCUT2D eigenvalue weighted by Crippen LogP contribution is -2.13. The Morgan fingerprint density at radius 3 is 2.75 bits per heavy atom. The first-order valence-electron chi connectivity index (χ1n) is 4.53. The zero-order valence-corrected chi connectivity index (χ0v) is 8.07. The molecule has 0 atom stereocenters. The summed E-state index contributed by atoms with van der Waals surface area (Å²) >= 11 is 0. The summed E-state index contributed by atoms with van der Waals surface area (Å²) in [5.41, 5.74) is 3.71. The first-order chi connectivity index (χ1) is 5.79. The summed E-state index contributed by atoms with van der Waals surface area (Å²) < 4.78 is 0. The minimum absolute atomic E-state index is 0.933. The molecule has 3 heteroatoms. The van der Waals surface area contributed by atoms with Gasteiger partial charge in [-0.25, -0.2) is 0 Å². The summed E-state index contributed by atoms with van der Waals surface area (Å²) in [6.07, 6.45) is 1.01. The second-order valence-electron chi connectivity index (χ2n) is 2.91. The van der Waals surface area contributed by atoms with Gasteiger partial charge in [0.15, 0.2) is 0 Å². The SMILES string of the molecule is CCNCc1c(CC)n[nH]c1C. The third-order valence-electron chi connectivity index (χ3n) is 2.05. The Balaban J connectivity index is 2.72. The van der Waals surface area contributed by atoms with Gasteiger partial charge in [-0.1, -0.05) is 13.8 Å². The summed E-state index contributed by atoms with van der Waals surface area (Å²) in [5.74, 6) is 0. The van der Waals surface area contributed by atoms with Crippen LogP contribution in [0.1, 0.15) is 30.8 Å². The van der Waals surface area contributed by atoms with Crippen LogP contribution in [0.25, 0.3) is 0 Å². The van der Waals surface area contributed by atoms with Crippen LogP contribution in [0.2, 0.25) is 0 Å². The molecule has 1 heterocycles. The smallest absolute Gasteiger partial charge is 0.0667 e. The van der Waals surface area contributed by atoms with Gasteiger partial charge in [0, 0.05) is 17.8 Å². The van der Waals surface area contributed by atoms with Crippen LogP contribution in [0.5, 0.6) is 0 Å². The largest absolute Gasteiger partial charge is 0.313 e. The van der Waals surface area contributed by atoms with Crippen LogP contribution < -0.4 is 5.32 Å². The van der Waals surface area contributed by atoms with Gasteiger partial charge in [-0.15, -0.1) is 0 Å². The highest BCUT2D eigenvalue weighted by atomic mass is 15.1. The molecule has 1 aromatic heterocycles. The minimum Gasteiger partial charge on any atom is -0.313 e. The van der Waals surface area contributed by atoms with E-state index in [4.69, 9.17) is 0 Å². The van der Waals surface area contributed by atoms with Gasteiger partial charge in [-0.2, -0.15) is 5.10 Å². The van der Waals surface area contributed by atoms with E-state index in [0.717, 1.165) is 19.5 Å². The number of hydrogen-bond acceptors (Lipinski definition) is 2. The number of aryl methyl sites for hydroxylation is 2. The molecule has 12 heavy (non-hydrogen) atoms. The summed E-state index contributed by atoms with van der Waals surface area (Å²) in [5, 5.41) is 10.5. The average molecular weight is 167 g/mol. The molecular formula is C9H17N3. The van der Waals surface area contributed by atoms with E-state index >= 15 is 0 Å². The zero-order chi connectivity index (χ0) is 8.97. The molecule has 1 rings (SSSR count). The first-order valence-corrected chi connectivity index (χ1v) is 4.53. The number of nitrogens with one attached hydrogen (secondary N) is 2. The van der Waals surface area contributed by atoms with Crippen LogP contribution in [-0.4, -0.2) is 16.7 Å². The second-order valence-corrected chi connectivity index (χ2v) is 2.91. The van der Waals surface area contributed by atoms with Crippen LogP contribution >= 0.6 is 0 Å². The first kappa shape index (κ1) is 9.26. The zero-order valence-electron chi connectivity index (χ0n) is 8.07. The Morgan fingerprint density at radius 1 is 1.42 bits per heavy atom. The van der Waals surface area contributed by atoms with E-state index in [9.17, 15) is 0 Å². The molecule has 1 aromatic rings. The van der Waals surface area contributed by atoms with E-state index in [0.29, 0.717) is 0 Å². The molecule has 2 N–H and O–H groups in total. The monoisotopic (exact) mass is 167 g/mol. The molecule has 0 aliphatic rings. The van der Waals surface area contributed by atoms with Crippen LogP contribution in [0, 0.1) is 6.92 Å². The maximum absolute atomic E-state index is 4.22. The molecule has 0 radical (unpaired) electrons. The topological polar surface area (TPSA) is 40.7 Å². The number of rotatable bonds is 4. The highest BCUT2D eigenvalue weighted by Crippen LogP contribution is 2.10. The van der Waals surface area contributed by atoms with Crippen LogP contribution in [-0.2, 0) is 13.0 Å². The summed E-state index contributed by atoms with van der Waals surface area (Å²) in [7, 11) is 0. The van der Waals surface area contributed by atoms with Gasteiger partial charge in [0.05, 0.1) is 5.69 Å². The molecule has 0 amide bonds. The lowest BCUT2D eigenvalue weighted by molar-refractivity contribution is 0.717. The fourth-order valence-corrected chi connectivity index (χ4v) is 1.28. The number of aromatic nitrogens is 2. The molecule has 68 valence electrons. The van der Waals surface area contributed by atoms with Crippen LogP contribution in [0.3, 0.4) is 0 Å². The maximum atomic E-state index is 4.22. The lowest BCUT2D eigenvalue weighted by Gasteiger charge is -2.01. The van der Waals surface area contributed by atoms with E-state index in [1.807, 2.05) is 0 Å². The van der Waals surface area contributed by atoms with Crippen molar-refractivity contribution in [2.45, 2.75) is 33.7 Å². The molecule has 0 aromatic carbocycles. The van der Waals surface area contributed by atoms with Crippen molar-refractivity contribution >= 4 is 0 Å². The third-order valence-corrected chi connectivity index (χ3v) is 2.05. The fourth-order valence-electron chi connectivity index (χ4n) is 1.28. The van der Waals surface area contributed by atoms with Crippen molar-refractivity contribution in [3.8, 4) is 0 Å². The summed E-state index contributed by atoms with van der Waals surface area (Å²) in [6, 6.07) is 0. The van der Waals surface area contributed by atoms with Gasteiger partial charge in [0.25, 0.3) is 0 Å². The number of hydrogen-bond donors (Lipinski definition) is 2. The van der Waals surface area contributed by atoms with Crippen molar-refractivity contribution in [3.05, 3.63) is 17.0 Å². The van der Waals surface area contributed by atoms with Gasteiger partial charge in [0.2, 0.25) is 0 Å². The van der Waals surface area contributed by atoms with Crippen molar-refractivity contribution in [2.24, 2.45) is 0 Å². The van der Waals surface area contributed by atoms with Gasteiger partial charge in [-0.3, -0.25) is 5.10 Å². The third kappa shape index (κ3) is 1.85. The summed E-state index contributed by atoms with van der Waals surface area (Å²) in [4.78, 5) is 0. The average Bonchev–Trinajstić information content (AvgIpc) is 2.43. The van der Waals surface area contributed by atoms with Crippen LogP contribution in [0.15, 0.2) is 0 Å². The van der Waals surface area contributed by atoms with Gasteiger partial charge in [-0.05, 0) is 19.9 Å². The highest BCUT2D eigenvalue weighted by Gasteiger charge is 2.06. The molecule has 0 aliphatic carbocycles. The molecule has 0 bridgehead atoms. The molecule has 0 saturated heterocycles. The lowest BCUT2D eigenvalue weighted by atomic mass is 10.1. The molecule has 0 unspecified atom stereocenters. The molecule has 3 nitrogen and oxygen atoms in total. The highest BCUT2D eigenvalue weighted by molar-refractivity contribution is 5.23. The predicted octanol–water partition coefficient (Wildman–Crippen LogP) is 1.39. The maximum Gasteiger partial charge on any atom is 0.0667 e. The number of nitrogens with zero attached hydrogens (tertiary/aromatic N) is 1. The minimum atomic E-state index is 0.933. The van der Waals surface area contributed by atoms with Gasteiger partial charge < -0.3 is 5.32 Å². The Kier molecular flexibility index (Phi) is 3.29. The van der Waals surface area contributed by atoms with Crippen LogP contribution in [0.4, 0.5) is 0 Å². The van der Waals surface area contributed by atoms with Gasteiger partial charge >= 0.3 is 0 Å². The fraction of sp³-hybridized carbons (Fsp3) is 0.667. The molecular weight excluding hydrogens is 150 g/mol. The van der Waals surface area contributed by atoms with E-state index < -0.39 is 0 Å². The predicted molar refractivity (Wildman–Crippen MR) is 50.1 cm³/mol. The summed E-state index contributed by atoms with van der Waals surface area (Å²) in [6.45, 7) is 8.25. The van der Waals surface area contributed by atoms with E-state index in [-0.39, 0.29) is 0 Å². The quantitative estimate of drug-likeness (QED) is 0.711. The van der Waals surface area contributed by atoms with E-state index in [2.05, 4.69) is 36.3 Å². The number of aromatic amines is 1. The number of H-pyrrole nitrogens is 1. The molecule has 0 spiro atoms. The van der Waals surface area contributed by atoms with Gasteiger partial charge in [0.1, 0.15) is 0 Å². The van der Waals surface area contributed by atoms with Crippen molar-refractivity contribution < 1.29 is 0 Å². The van der Waals surface area contributed by atoms with E-state index in [1.165, 1.54) is 17.0 Å². The van der Waals surface area contributed by atoms with Crippen molar-refractivity contribution in [1.29, 1.82) is 0 Å². The van der Waals surface area contributed by atoms with Crippen molar-refractivity contribution in [3.63, 3.8) is 0 Å². The Morgan fingerprint density at radius 2 is 2.17 bits per heavy atom.